The van der Waals surface area contributed by atoms with Gasteiger partial charge in [0.1, 0.15) is 5.75 Å². The molecular formula is C18H28N4O2. The monoisotopic (exact) mass is 332 g/mol. The fourth-order valence-electron chi connectivity index (χ4n) is 2.88. The van der Waals surface area contributed by atoms with Crippen LogP contribution in [0.1, 0.15) is 25.3 Å². The molecule has 1 aromatic rings. The molecule has 0 saturated carbocycles. The SMILES string of the molecule is CN=C(NCC(=O)NCc1ccc(OC)cc1)N1CCCC(C)C1. The second kappa shape index (κ2) is 9.15. The number of rotatable bonds is 5. The summed E-state index contributed by atoms with van der Waals surface area (Å²) in [5.74, 6) is 2.24. The van der Waals surface area contributed by atoms with E-state index in [1.165, 1.54) is 12.8 Å². The number of nitrogens with one attached hydrogen (secondary N) is 2. The number of benzene rings is 1. The van der Waals surface area contributed by atoms with Crippen molar-refractivity contribution in [2.24, 2.45) is 10.9 Å². The van der Waals surface area contributed by atoms with Gasteiger partial charge in [0, 0.05) is 26.7 Å². The molecule has 24 heavy (non-hydrogen) atoms. The van der Waals surface area contributed by atoms with Crippen LogP contribution in [0.25, 0.3) is 0 Å². The number of nitrogens with zero attached hydrogens (tertiary/aromatic N) is 2. The standard InChI is InChI=1S/C18H28N4O2/c1-14-5-4-10-22(13-14)18(19-2)21-12-17(23)20-11-15-6-8-16(24-3)9-7-15/h6-9,14H,4-5,10-13H2,1-3H3,(H,19,21)(H,20,23). The van der Waals surface area contributed by atoms with E-state index in [0.717, 1.165) is 30.4 Å². The van der Waals surface area contributed by atoms with Gasteiger partial charge in [0.15, 0.2) is 5.96 Å². The van der Waals surface area contributed by atoms with E-state index >= 15 is 0 Å². The number of likely N-dealkylation sites (tertiary alicyclic amines) is 1. The molecule has 0 spiro atoms. The minimum Gasteiger partial charge on any atom is -0.497 e. The summed E-state index contributed by atoms with van der Waals surface area (Å²) in [6.07, 6.45) is 2.43. The predicted molar refractivity (Wildman–Crippen MR) is 96.2 cm³/mol. The molecule has 6 nitrogen and oxygen atoms in total. The Morgan fingerprint density at radius 3 is 2.71 bits per heavy atom. The highest BCUT2D eigenvalue weighted by molar-refractivity contribution is 5.86. The summed E-state index contributed by atoms with van der Waals surface area (Å²) in [7, 11) is 3.40. The van der Waals surface area contributed by atoms with Crippen molar-refractivity contribution in [3.8, 4) is 5.75 Å². The van der Waals surface area contributed by atoms with Crippen LogP contribution >= 0.6 is 0 Å². The molecule has 1 atom stereocenters. The van der Waals surface area contributed by atoms with E-state index in [0.29, 0.717) is 12.5 Å². The van der Waals surface area contributed by atoms with Crippen LogP contribution in [-0.4, -0.2) is 50.6 Å². The van der Waals surface area contributed by atoms with E-state index in [4.69, 9.17) is 4.74 Å². The van der Waals surface area contributed by atoms with E-state index in [2.05, 4.69) is 27.4 Å². The smallest absolute Gasteiger partial charge is 0.239 e. The van der Waals surface area contributed by atoms with Gasteiger partial charge < -0.3 is 20.3 Å². The maximum atomic E-state index is 12.0. The lowest BCUT2D eigenvalue weighted by atomic mass is 10.0. The lowest BCUT2D eigenvalue weighted by Crippen LogP contribution is -2.48. The Hall–Kier alpha value is -2.24. The first-order valence-corrected chi connectivity index (χ1v) is 8.47. The Morgan fingerprint density at radius 2 is 2.08 bits per heavy atom. The number of hydrogen-bond donors (Lipinski definition) is 2. The Labute approximate surface area is 144 Å². The average Bonchev–Trinajstić information content (AvgIpc) is 2.61. The Balaban J connectivity index is 1.74. The van der Waals surface area contributed by atoms with Crippen molar-refractivity contribution in [1.82, 2.24) is 15.5 Å². The second-order valence-electron chi connectivity index (χ2n) is 6.22. The zero-order chi connectivity index (χ0) is 17.4. The van der Waals surface area contributed by atoms with Gasteiger partial charge in [-0.3, -0.25) is 9.79 Å². The van der Waals surface area contributed by atoms with Crippen molar-refractivity contribution in [3.05, 3.63) is 29.8 Å². The summed E-state index contributed by atoms with van der Waals surface area (Å²) in [5.41, 5.74) is 1.04. The minimum atomic E-state index is -0.0444. The van der Waals surface area contributed by atoms with Crippen LogP contribution < -0.4 is 15.4 Å². The number of amides is 1. The number of aliphatic imine (C=N–C) groups is 1. The first-order valence-electron chi connectivity index (χ1n) is 8.47. The molecule has 0 bridgehead atoms. The third-order valence-corrected chi connectivity index (χ3v) is 4.22. The highest BCUT2D eigenvalue weighted by atomic mass is 16.5. The average molecular weight is 332 g/mol. The lowest BCUT2D eigenvalue weighted by Gasteiger charge is -2.33. The fourth-order valence-corrected chi connectivity index (χ4v) is 2.88. The van der Waals surface area contributed by atoms with Gasteiger partial charge in [-0.25, -0.2) is 0 Å². The minimum absolute atomic E-state index is 0.0444. The highest BCUT2D eigenvalue weighted by Crippen LogP contribution is 2.15. The molecule has 1 amide bonds. The van der Waals surface area contributed by atoms with E-state index in [1.807, 2.05) is 24.3 Å². The van der Waals surface area contributed by atoms with Gasteiger partial charge in [0.2, 0.25) is 5.91 Å². The number of carbonyl (C=O) groups excluding carboxylic acids is 1. The Kier molecular flexibility index (Phi) is 6.90. The van der Waals surface area contributed by atoms with Crippen LogP contribution in [-0.2, 0) is 11.3 Å². The lowest BCUT2D eigenvalue weighted by molar-refractivity contribution is -0.120. The normalized spacial score (nSPS) is 18.2. The molecule has 2 rings (SSSR count). The number of ether oxygens (including phenoxy) is 1. The molecule has 1 saturated heterocycles. The van der Waals surface area contributed by atoms with Crippen LogP contribution in [0.2, 0.25) is 0 Å². The Bertz CT molecular complexity index is 557. The Morgan fingerprint density at radius 1 is 1.33 bits per heavy atom. The van der Waals surface area contributed by atoms with E-state index in [1.54, 1.807) is 14.2 Å². The van der Waals surface area contributed by atoms with Crippen molar-refractivity contribution >= 4 is 11.9 Å². The second-order valence-corrected chi connectivity index (χ2v) is 6.22. The summed E-state index contributed by atoms with van der Waals surface area (Å²) in [6, 6.07) is 7.67. The first-order chi connectivity index (χ1) is 11.6. The molecule has 1 aliphatic heterocycles. The van der Waals surface area contributed by atoms with Gasteiger partial charge in [0.05, 0.1) is 13.7 Å². The molecule has 1 unspecified atom stereocenters. The largest absolute Gasteiger partial charge is 0.497 e. The van der Waals surface area contributed by atoms with Crippen molar-refractivity contribution < 1.29 is 9.53 Å². The van der Waals surface area contributed by atoms with Crippen molar-refractivity contribution in [2.75, 3.05) is 33.8 Å². The third-order valence-electron chi connectivity index (χ3n) is 4.22. The number of guanidine groups is 1. The van der Waals surface area contributed by atoms with Gasteiger partial charge in [-0.1, -0.05) is 19.1 Å². The summed E-state index contributed by atoms with van der Waals surface area (Å²) in [4.78, 5) is 18.6. The molecule has 0 radical (unpaired) electrons. The summed E-state index contributed by atoms with van der Waals surface area (Å²) in [5, 5.41) is 6.07. The molecule has 1 fully saturated rings. The van der Waals surface area contributed by atoms with Crippen LogP contribution in [0, 0.1) is 5.92 Å². The van der Waals surface area contributed by atoms with Crippen LogP contribution in [0.4, 0.5) is 0 Å². The van der Waals surface area contributed by atoms with E-state index in [-0.39, 0.29) is 12.5 Å². The number of hydrogen-bond acceptors (Lipinski definition) is 3. The molecule has 132 valence electrons. The van der Waals surface area contributed by atoms with Crippen LogP contribution in [0.5, 0.6) is 5.75 Å². The maximum Gasteiger partial charge on any atom is 0.239 e. The van der Waals surface area contributed by atoms with E-state index in [9.17, 15) is 4.79 Å². The predicted octanol–water partition coefficient (Wildman–Crippen LogP) is 1.62. The molecule has 0 aliphatic carbocycles. The van der Waals surface area contributed by atoms with Crippen LogP contribution in [0.3, 0.4) is 0 Å². The molecule has 0 aromatic heterocycles. The van der Waals surface area contributed by atoms with Gasteiger partial charge in [-0.15, -0.1) is 0 Å². The highest BCUT2D eigenvalue weighted by Gasteiger charge is 2.19. The topological polar surface area (TPSA) is 66.0 Å². The summed E-state index contributed by atoms with van der Waals surface area (Å²) in [6.45, 7) is 4.98. The number of methoxy groups -OCH3 is 1. The van der Waals surface area contributed by atoms with E-state index < -0.39 is 0 Å². The maximum absolute atomic E-state index is 12.0. The van der Waals surface area contributed by atoms with Crippen LogP contribution in [0.15, 0.2) is 29.3 Å². The van der Waals surface area contributed by atoms with Gasteiger partial charge in [0.25, 0.3) is 0 Å². The zero-order valence-corrected chi connectivity index (χ0v) is 14.8. The molecule has 1 heterocycles. The molecule has 6 heteroatoms. The van der Waals surface area contributed by atoms with Crippen molar-refractivity contribution in [1.29, 1.82) is 0 Å². The quantitative estimate of drug-likeness (QED) is 0.635. The molecule has 2 N–H and O–H groups in total. The van der Waals surface area contributed by atoms with Gasteiger partial charge >= 0.3 is 0 Å². The van der Waals surface area contributed by atoms with Crippen molar-refractivity contribution in [3.63, 3.8) is 0 Å². The molecule has 1 aromatic carbocycles. The third kappa shape index (κ3) is 5.44. The first kappa shape index (κ1) is 18.1. The van der Waals surface area contributed by atoms with Crippen molar-refractivity contribution in [2.45, 2.75) is 26.3 Å². The summed E-state index contributed by atoms with van der Waals surface area (Å²) >= 11 is 0. The number of piperidine rings is 1. The zero-order valence-electron chi connectivity index (χ0n) is 14.8. The number of carbonyl (C=O) groups is 1. The molecule has 1 aliphatic rings. The van der Waals surface area contributed by atoms with Gasteiger partial charge in [-0.2, -0.15) is 0 Å². The summed E-state index contributed by atoms with van der Waals surface area (Å²) < 4.78 is 5.12. The fraction of sp³-hybridized carbons (Fsp3) is 0.556. The molecular weight excluding hydrogens is 304 g/mol. The van der Waals surface area contributed by atoms with Gasteiger partial charge in [-0.05, 0) is 36.5 Å².